The normalized spacial score (nSPS) is 8.91. The molecule has 11 heavy (non-hydrogen) atoms. The van der Waals surface area contributed by atoms with Crippen LogP contribution < -0.4 is 0 Å². The predicted octanol–water partition coefficient (Wildman–Crippen LogP) is 3.20. The standard InChI is InChI=1S/C9H11F.ClH/c1-2-3-8-4-6-9(10)7-5-8;/h4-7H,2-3H2,1H3;1H. The Hall–Kier alpha value is -0.560. The summed E-state index contributed by atoms with van der Waals surface area (Å²) in [7, 11) is 0. The average molecular weight is 175 g/mol. The average Bonchev–Trinajstić information content (AvgIpc) is 1.95. The molecule has 0 aliphatic heterocycles. The van der Waals surface area contributed by atoms with Crippen molar-refractivity contribution in [2.24, 2.45) is 0 Å². The molecule has 1 aromatic rings. The first-order valence-corrected chi connectivity index (χ1v) is 3.57. The molecule has 0 saturated heterocycles. The lowest BCUT2D eigenvalue weighted by Crippen LogP contribution is -1.81. The maximum absolute atomic E-state index is 12.3. The van der Waals surface area contributed by atoms with Gasteiger partial charge >= 0.3 is 0 Å². The van der Waals surface area contributed by atoms with Gasteiger partial charge in [-0.15, -0.1) is 12.4 Å². The van der Waals surface area contributed by atoms with Crippen molar-refractivity contribution in [1.29, 1.82) is 0 Å². The van der Waals surface area contributed by atoms with Crippen LogP contribution in [-0.2, 0) is 6.42 Å². The van der Waals surface area contributed by atoms with Gasteiger partial charge in [0.25, 0.3) is 0 Å². The highest BCUT2D eigenvalue weighted by molar-refractivity contribution is 5.85. The Bertz CT molecular complexity index is 193. The van der Waals surface area contributed by atoms with Crippen molar-refractivity contribution in [2.75, 3.05) is 0 Å². The first-order valence-electron chi connectivity index (χ1n) is 3.57. The number of halogens is 2. The van der Waals surface area contributed by atoms with Crippen LogP contribution in [0.5, 0.6) is 0 Å². The van der Waals surface area contributed by atoms with Gasteiger partial charge in [-0.2, -0.15) is 0 Å². The smallest absolute Gasteiger partial charge is 0.123 e. The topological polar surface area (TPSA) is 0 Å². The van der Waals surface area contributed by atoms with Gasteiger partial charge in [-0.3, -0.25) is 0 Å². The fourth-order valence-corrected chi connectivity index (χ4v) is 0.940. The van der Waals surface area contributed by atoms with Crippen LogP contribution in [0, 0.1) is 5.82 Å². The second kappa shape index (κ2) is 5.14. The first kappa shape index (κ1) is 10.4. The Morgan fingerprint density at radius 3 is 2.18 bits per heavy atom. The molecule has 0 aromatic heterocycles. The van der Waals surface area contributed by atoms with Gasteiger partial charge in [0.1, 0.15) is 5.82 Å². The molecule has 62 valence electrons. The van der Waals surface area contributed by atoms with Gasteiger partial charge in [0.2, 0.25) is 0 Å². The van der Waals surface area contributed by atoms with E-state index in [9.17, 15) is 4.39 Å². The van der Waals surface area contributed by atoms with E-state index in [-0.39, 0.29) is 18.2 Å². The summed E-state index contributed by atoms with van der Waals surface area (Å²) in [5, 5.41) is 0. The molecule has 1 aromatic carbocycles. The minimum atomic E-state index is -0.153. The monoisotopic (exact) mass is 174 g/mol. The van der Waals surface area contributed by atoms with Crippen LogP contribution in [0.4, 0.5) is 4.39 Å². The van der Waals surface area contributed by atoms with Crippen LogP contribution in [-0.4, -0.2) is 0 Å². The first-order chi connectivity index (χ1) is 4.83. The number of aryl methyl sites for hydroxylation is 1. The Kier molecular flexibility index (Phi) is 4.88. The van der Waals surface area contributed by atoms with E-state index in [1.54, 1.807) is 0 Å². The maximum atomic E-state index is 12.3. The Morgan fingerprint density at radius 2 is 1.73 bits per heavy atom. The van der Waals surface area contributed by atoms with E-state index < -0.39 is 0 Å². The van der Waals surface area contributed by atoms with Crippen molar-refractivity contribution >= 4 is 12.4 Å². The van der Waals surface area contributed by atoms with E-state index in [2.05, 4.69) is 6.92 Å². The van der Waals surface area contributed by atoms with Crippen LogP contribution >= 0.6 is 12.4 Å². The molecule has 0 aliphatic rings. The summed E-state index contributed by atoms with van der Waals surface area (Å²) >= 11 is 0. The molecular formula is C9H12ClF. The largest absolute Gasteiger partial charge is 0.207 e. The van der Waals surface area contributed by atoms with E-state index in [1.807, 2.05) is 12.1 Å². The second-order valence-electron chi connectivity index (χ2n) is 2.38. The molecule has 0 bridgehead atoms. The lowest BCUT2D eigenvalue weighted by molar-refractivity contribution is 0.627. The molecule has 0 fully saturated rings. The highest BCUT2D eigenvalue weighted by atomic mass is 35.5. The molecule has 0 aliphatic carbocycles. The number of hydrogen-bond donors (Lipinski definition) is 0. The molecular weight excluding hydrogens is 163 g/mol. The summed E-state index contributed by atoms with van der Waals surface area (Å²) in [5.41, 5.74) is 1.21. The minimum Gasteiger partial charge on any atom is -0.207 e. The van der Waals surface area contributed by atoms with E-state index in [4.69, 9.17) is 0 Å². The van der Waals surface area contributed by atoms with Crippen LogP contribution in [0.3, 0.4) is 0 Å². The summed E-state index contributed by atoms with van der Waals surface area (Å²) in [6.45, 7) is 2.11. The van der Waals surface area contributed by atoms with E-state index in [0.717, 1.165) is 12.8 Å². The van der Waals surface area contributed by atoms with Crippen LogP contribution in [0.25, 0.3) is 0 Å². The quantitative estimate of drug-likeness (QED) is 0.646. The van der Waals surface area contributed by atoms with Crippen molar-refractivity contribution < 1.29 is 4.39 Å². The summed E-state index contributed by atoms with van der Waals surface area (Å²) in [5.74, 6) is -0.153. The van der Waals surface area contributed by atoms with Gasteiger partial charge in [0.05, 0.1) is 0 Å². The number of hydrogen-bond acceptors (Lipinski definition) is 0. The molecule has 0 amide bonds. The fraction of sp³-hybridized carbons (Fsp3) is 0.333. The summed E-state index contributed by atoms with van der Waals surface area (Å²) in [6.07, 6.45) is 2.16. The van der Waals surface area contributed by atoms with Gasteiger partial charge < -0.3 is 0 Å². The summed E-state index contributed by atoms with van der Waals surface area (Å²) < 4.78 is 12.3. The highest BCUT2D eigenvalue weighted by Gasteiger charge is 1.90. The van der Waals surface area contributed by atoms with Gasteiger partial charge in [-0.05, 0) is 24.1 Å². The third kappa shape index (κ3) is 3.38. The van der Waals surface area contributed by atoms with Crippen molar-refractivity contribution in [2.45, 2.75) is 19.8 Å². The molecule has 0 spiro atoms. The maximum Gasteiger partial charge on any atom is 0.123 e. The van der Waals surface area contributed by atoms with E-state index in [0.29, 0.717) is 0 Å². The van der Waals surface area contributed by atoms with Crippen molar-refractivity contribution in [3.63, 3.8) is 0 Å². The summed E-state index contributed by atoms with van der Waals surface area (Å²) in [6, 6.07) is 6.67. The fourth-order valence-electron chi connectivity index (χ4n) is 0.940. The van der Waals surface area contributed by atoms with Crippen LogP contribution in [0.2, 0.25) is 0 Å². The molecule has 0 radical (unpaired) electrons. The summed E-state index contributed by atoms with van der Waals surface area (Å²) in [4.78, 5) is 0. The molecule has 0 heterocycles. The van der Waals surface area contributed by atoms with E-state index in [1.165, 1.54) is 17.7 Å². The Morgan fingerprint density at radius 1 is 1.18 bits per heavy atom. The SMILES string of the molecule is CCCc1ccc(F)cc1.Cl. The molecule has 0 unspecified atom stereocenters. The molecule has 1 rings (SSSR count). The van der Waals surface area contributed by atoms with Crippen LogP contribution in [0.1, 0.15) is 18.9 Å². The zero-order valence-electron chi connectivity index (χ0n) is 6.51. The Labute approximate surface area is 72.8 Å². The predicted molar refractivity (Wildman–Crippen MR) is 47.6 cm³/mol. The molecule has 0 nitrogen and oxygen atoms in total. The lowest BCUT2D eigenvalue weighted by atomic mass is 10.1. The van der Waals surface area contributed by atoms with Gasteiger partial charge in [0.15, 0.2) is 0 Å². The van der Waals surface area contributed by atoms with Crippen LogP contribution in [0.15, 0.2) is 24.3 Å². The van der Waals surface area contributed by atoms with E-state index >= 15 is 0 Å². The van der Waals surface area contributed by atoms with Crippen molar-refractivity contribution in [3.05, 3.63) is 35.6 Å². The van der Waals surface area contributed by atoms with Gasteiger partial charge in [-0.25, -0.2) is 4.39 Å². The third-order valence-electron chi connectivity index (χ3n) is 1.45. The number of rotatable bonds is 2. The number of benzene rings is 1. The van der Waals surface area contributed by atoms with Crippen molar-refractivity contribution in [3.8, 4) is 0 Å². The lowest BCUT2D eigenvalue weighted by Gasteiger charge is -1.95. The van der Waals surface area contributed by atoms with Gasteiger partial charge in [0, 0.05) is 0 Å². The highest BCUT2D eigenvalue weighted by Crippen LogP contribution is 2.04. The zero-order valence-corrected chi connectivity index (χ0v) is 7.33. The molecule has 0 saturated carbocycles. The van der Waals surface area contributed by atoms with Gasteiger partial charge in [-0.1, -0.05) is 25.5 Å². The van der Waals surface area contributed by atoms with Crippen molar-refractivity contribution in [1.82, 2.24) is 0 Å². The Balaban J connectivity index is 0.000001000. The second-order valence-corrected chi connectivity index (χ2v) is 2.38. The molecule has 0 atom stereocenters. The minimum absolute atomic E-state index is 0. The third-order valence-corrected chi connectivity index (χ3v) is 1.45. The molecule has 0 N–H and O–H groups in total. The zero-order chi connectivity index (χ0) is 7.40. The molecule has 2 heteroatoms.